The highest BCUT2D eigenvalue weighted by molar-refractivity contribution is 9.10. The van der Waals surface area contributed by atoms with Crippen molar-refractivity contribution in [2.24, 2.45) is 5.41 Å². The second-order valence-corrected chi connectivity index (χ2v) is 5.04. The molecule has 0 fully saturated rings. The van der Waals surface area contributed by atoms with Gasteiger partial charge in [0.15, 0.2) is 0 Å². The highest BCUT2D eigenvalue weighted by Crippen LogP contribution is 2.36. The molecule has 14 heavy (non-hydrogen) atoms. The quantitative estimate of drug-likeness (QED) is 0.821. The van der Waals surface area contributed by atoms with Gasteiger partial charge in [-0.1, -0.05) is 13.8 Å². The van der Waals surface area contributed by atoms with Crippen molar-refractivity contribution in [2.45, 2.75) is 33.2 Å². The maximum Gasteiger partial charge on any atom is 0.252 e. The van der Waals surface area contributed by atoms with Crippen LogP contribution in [0, 0.1) is 5.41 Å². The van der Waals surface area contributed by atoms with Gasteiger partial charge in [0.2, 0.25) is 0 Å². The van der Waals surface area contributed by atoms with E-state index in [4.69, 9.17) is 0 Å². The van der Waals surface area contributed by atoms with Crippen molar-refractivity contribution in [3.63, 3.8) is 0 Å². The van der Waals surface area contributed by atoms with Gasteiger partial charge in [-0.3, -0.25) is 4.68 Å². The van der Waals surface area contributed by atoms with Crippen LogP contribution in [0.5, 0.6) is 0 Å². The molecule has 0 atom stereocenters. The molecule has 1 heterocycles. The van der Waals surface area contributed by atoms with E-state index in [9.17, 15) is 8.78 Å². The number of hydrogen-bond donors (Lipinski definition) is 0. The fourth-order valence-corrected chi connectivity index (χ4v) is 1.30. The van der Waals surface area contributed by atoms with Crippen molar-refractivity contribution in [1.82, 2.24) is 9.78 Å². The monoisotopic (exact) mass is 266 g/mol. The van der Waals surface area contributed by atoms with E-state index in [2.05, 4.69) is 21.0 Å². The molecule has 0 aliphatic carbocycles. The molecule has 0 radical (unpaired) electrons. The van der Waals surface area contributed by atoms with Crippen LogP contribution in [-0.4, -0.2) is 15.7 Å². The SMILES string of the molecule is CC(F)(F)C(C)(C)Cn1cc(Br)cn1. The number of alkyl halides is 2. The van der Waals surface area contributed by atoms with E-state index in [1.807, 2.05) is 0 Å². The Morgan fingerprint density at radius 3 is 2.36 bits per heavy atom. The van der Waals surface area contributed by atoms with Crippen LogP contribution < -0.4 is 0 Å². The first-order chi connectivity index (χ1) is 6.22. The predicted molar refractivity (Wildman–Crippen MR) is 54.3 cm³/mol. The molecule has 0 saturated heterocycles. The van der Waals surface area contributed by atoms with Crippen LogP contribution in [0.3, 0.4) is 0 Å². The lowest BCUT2D eigenvalue weighted by molar-refractivity contribution is -0.0973. The van der Waals surface area contributed by atoms with Gasteiger partial charge in [-0.05, 0) is 22.9 Å². The van der Waals surface area contributed by atoms with Gasteiger partial charge in [-0.25, -0.2) is 8.78 Å². The Bertz CT molecular complexity index is 315. The van der Waals surface area contributed by atoms with E-state index in [1.54, 1.807) is 12.4 Å². The van der Waals surface area contributed by atoms with E-state index in [1.165, 1.54) is 18.5 Å². The lowest BCUT2D eigenvalue weighted by atomic mass is 9.86. The molecular formula is C9H13BrF2N2. The summed E-state index contributed by atoms with van der Waals surface area (Å²) in [5.74, 6) is -2.72. The minimum Gasteiger partial charge on any atom is -0.271 e. The van der Waals surface area contributed by atoms with Gasteiger partial charge in [-0.15, -0.1) is 0 Å². The Morgan fingerprint density at radius 1 is 1.43 bits per heavy atom. The lowest BCUT2D eigenvalue weighted by Crippen LogP contribution is -2.37. The summed E-state index contributed by atoms with van der Waals surface area (Å²) in [6, 6.07) is 0. The molecule has 0 N–H and O–H groups in total. The number of halogens is 3. The van der Waals surface area contributed by atoms with Crippen LogP contribution in [0.1, 0.15) is 20.8 Å². The molecule has 0 spiro atoms. The Balaban J connectivity index is 2.78. The van der Waals surface area contributed by atoms with Gasteiger partial charge < -0.3 is 0 Å². The molecule has 80 valence electrons. The first-order valence-electron chi connectivity index (χ1n) is 4.28. The first kappa shape index (κ1) is 11.6. The van der Waals surface area contributed by atoms with Crippen molar-refractivity contribution in [1.29, 1.82) is 0 Å². The zero-order valence-corrected chi connectivity index (χ0v) is 9.98. The van der Waals surface area contributed by atoms with E-state index < -0.39 is 11.3 Å². The molecule has 0 aliphatic rings. The first-order valence-corrected chi connectivity index (χ1v) is 5.07. The van der Waals surface area contributed by atoms with Gasteiger partial charge in [0.25, 0.3) is 5.92 Å². The van der Waals surface area contributed by atoms with E-state index in [0.29, 0.717) is 0 Å². The molecule has 0 saturated carbocycles. The molecule has 1 aromatic heterocycles. The van der Waals surface area contributed by atoms with Crippen molar-refractivity contribution < 1.29 is 8.78 Å². The van der Waals surface area contributed by atoms with Gasteiger partial charge in [0, 0.05) is 11.6 Å². The van der Waals surface area contributed by atoms with Gasteiger partial charge in [-0.2, -0.15) is 5.10 Å². The number of rotatable bonds is 3. The number of hydrogen-bond acceptors (Lipinski definition) is 1. The largest absolute Gasteiger partial charge is 0.271 e. The van der Waals surface area contributed by atoms with E-state index in [-0.39, 0.29) is 6.54 Å². The molecular weight excluding hydrogens is 254 g/mol. The zero-order chi connectivity index (χ0) is 11.0. The third kappa shape index (κ3) is 2.53. The minimum atomic E-state index is -2.72. The summed E-state index contributed by atoms with van der Waals surface area (Å²) >= 11 is 3.22. The summed E-state index contributed by atoms with van der Waals surface area (Å²) in [6.07, 6.45) is 3.28. The summed E-state index contributed by atoms with van der Waals surface area (Å²) in [4.78, 5) is 0. The Hall–Kier alpha value is -0.450. The van der Waals surface area contributed by atoms with Crippen LogP contribution in [0.2, 0.25) is 0 Å². The molecule has 0 aliphatic heterocycles. The normalized spacial score (nSPS) is 13.3. The molecule has 5 heteroatoms. The zero-order valence-electron chi connectivity index (χ0n) is 8.39. The topological polar surface area (TPSA) is 17.8 Å². The van der Waals surface area contributed by atoms with E-state index in [0.717, 1.165) is 11.4 Å². The average molecular weight is 267 g/mol. The predicted octanol–water partition coefficient (Wildman–Crippen LogP) is 3.33. The van der Waals surface area contributed by atoms with Crippen molar-refractivity contribution in [2.75, 3.05) is 0 Å². The van der Waals surface area contributed by atoms with Crippen molar-refractivity contribution in [3.05, 3.63) is 16.9 Å². The second-order valence-electron chi connectivity index (χ2n) is 4.13. The summed E-state index contributed by atoms with van der Waals surface area (Å²) in [5, 5.41) is 3.95. The number of nitrogens with zero attached hydrogens (tertiary/aromatic N) is 2. The van der Waals surface area contributed by atoms with Crippen LogP contribution in [0.25, 0.3) is 0 Å². The molecule has 1 aromatic rings. The standard InChI is InChI=1S/C9H13BrF2N2/c1-8(2,9(3,11)12)6-14-5-7(10)4-13-14/h4-5H,6H2,1-3H3. The summed E-state index contributed by atoms with van der Waals surface area (Å²) in [5.41, 5.74) is -1.10. The van der Waals surface area contributed by atoms with Gasteiger partial charge in [0.1, 0.15) is 0 Å². The molecule has 1 rings (SSSR count). The third-order valence-electron chi connectivity index (χ3n) is 2.35. The fraction of sp³-hybridized carbons (Fsp3) is 0.667. The van der Waals surface area contributed by atoms with Crippen LogP contribution in [-0.2, 0) is 6.54 Å². The maximum absolute atomic E-state index is 13.1. The molecule has 2 nitrogen and oxygen atoms in total. The van der Waals surface area contributed by atoms with Gasteiger partial charge in [0.05, 0.1) is 17.2 Å². The molecule has 0 bridgehead atoms. The highest BCUT2D eigenvalue weighted by atomic mass is 79.9. The Morgan fingerprint density at radius 2 is 2.00 bits per heavy atom. The Kier molecular flexibility index (Phi) is 2.99. The van der Waals surface area contributed by atoms with Gasteiger partial charge >= 0.3 is 0 Å². The Labute approximate surface area is 90.4 Å². The van der Waals surface area contributed by atoms with E-state index >= 15 is 0 Å². The molecule has 0 amide bonds. The summed E-state index contributed by atoms with van der Waals surface area (Å²) in [6.45, 7) is 4.19. The van der Waals surface area contributed by atoms with Crippen molar-refractivity contribution >= 4 is 15.9 Å². The molecule has 0 aromatic carbocycles. The van der Waals surface area contributed by atoms with Crippen LogP contribution in [0.15, 0.2) is 16.9 Å². The lowest BCUT2D eigenvalue weighted by Gasteiger charge is -2.31. The molecule has 0 unspecified atom stereocenters. The third-order valence-corrected chi connectivity index (χ3v) is 2.76. The van der Waals surface area contributed by atoms with Crippen molar-refractivity contribution in [3.8, 4) is 0 Å². The van der Waals surface area contributed by atoms with Crippen LogP contribution in [0.4, 0.5) is 8.78 Å². The van der Waals surface area contributed by atoms with Crippen LogP contribution >= 0.6 is 15.9 Å². The summed E-state index contributed by atoms with van der Waals surface area (Å²) < 4.78 is 28.6. The minimum absolute atomic E-state index is 0.197. The maximum atomic E-state index is 13.1. The number of aromatic nitrogens is 2. The second kappa shape index (κ2) is 3.61. The summed E-state index contributed by atoms with van der Waals surface area (Å²) in [7, 11) is 0. The highest BCUT2D eigenvalue weighted by Gasteiger charge is 2.42. The fourth-order valence-electron chi connectivity index (χ4n) is 0.969. The average Bonchev–Trinajstić information content (AvgIpc) is 2.31. The smallest absolute Gasteiger partial charge is 0.252 e.